The SMILES string of the molecule is CC(C)=CCNc1cnn(CCOCCO)c1. The van der Waals surface area contributed by atoms with Gasteiger partial charge in [-0.25, -0.2) is 0 Å². The maximum Gasteiger partial charge on any atom is 0.0728 e. The predicted octanol–water partition coefficient (Wildman–Crippen LogP) is 1.27. The van der Waals surface area contributed by atoms with E-state index < -0.39 is 0 Å². The molecule has 0 amide bonds. The zero-order valence-corrected chi connectivity index (χ0v) is 10.5. The summed E-state index contributed by atoms with van der Waals surface area (Å²) in [6, 6.07) is 0. The molecular weight excluding hydrogens is 218 g/mol. The fourth-order valence-corrected chi connectivity index (χ4v) is 1.27. The van der Waals surface area contributed by atoms with E-state index in [0.29, 0.717) is 19.8 Å². The fourth-order valence-electron chi connectivity index (χ4n) is 1.27. The third-order valence-electron chi connectivity index (χ3n) is 2.15. The monoisotopic (exact) mass is 239 g/mol. The maximum atomic E-state index is 8.55. The van der Waals surface area contributed by atoms with Crippen molar-refractivity contribution in [2.75, 3.05) is 31.7 Å². The minimum Gasteiger partial charge on any atom is -0.394 e. The van der Waals surface area contributed by atoms with Crippen molar-refractivity contribution in [2.24, 2.45) is 0 Å². The maximum absolute atomic E-state index is 8.55. The average molecular weight is 239 g/mol. The largest absolute Gasteiger partial charge is 0.394 e. The van der Waals surface area contributed by atoms with E-state index in [9.17, 15) is 0 Å². The zero-order valence-electron chi connectivity index (χ0n) is 10.5. The van der Waals surface area contributed by atoms with Gasteiger partial charge in [0.05, 0.1) is 38.2 Å². The van der Waals surface area contributed by atoms with Crippen LogP contribution in [-0.2, 0) is 11.3 Å². The van der Waals surface area contributed by atoms with Gasteiger partial charge >= 0.3 is 0 Å². The van der Waals surface area contributed by atoms with Gasteiger partial charge in [-0.1, -0.05) is 11.6 Å². The summed E-state index contributed by atoms with van der Waals surface area (Å²) in [5.41, 5.74) is 2.30. The number of nitrogens with one attached hydrogen (secondary N) is 1. The normalized spacial score (nSPS) is 10.3. The minimum absolute atomic E-state index is 0.0641. The molecule has 0 aliphatic rings. The van der Waals surface area contributed by atoms with Gasteiger partial charge in [0.15, 0.2) is 0 Å². The van der Waals surface area contributed by atoms with Crippen molar-refractivity contribution >= 4 is 5.69 Å². The van der Waals surface area contributed by atoms with E-state index >= 15 is 0 Å². The lowest BCUT2D eigenvalue weighted by molar-refractivity contribution is 0.0854. The van der Waals surface area contributed by atoms with Gasteiger partial charge in [-0.2, -0.15) is 5.10 Å². The van der Waals surface area contributed by atoms with Crippen LogP contribution in [0, 0.1) is 0 Å². The lowest BCUT2D eigenvalue weighted by atomic mass is 10.3. The zero-order chi connectivity index (χ0) is 12.5. The molecule has 0 fully saturated rings. The second-order valence-electron chi connectivity index (χ2n) is 3.99. The Morgan fingerprint density at radius 3 is 3.06 bits per heavy atom. The van der Waals surface area contributed by atoms with Crippen molar-refractivity contribution < 1.29 is 9.84 Å². The van der Waals surface area contributed by atoms with E-state index in [0.717, 1.165) is 12.2 Å². The third kappa shape index (κ3) is 6.09. The van der Waals surface area contributed by atoms with Crippen molar-refractivity contribution in [2.45, 2.75) is 20.4 Å². The summed E-state index contributed by atoms with van der Waals surface area (Å²) in [4.78, 5) is 0. The fraction of sp³-hybridized carbons (Fsp3) is 0.583. The molecule has 1 aromatic rings. The predicted molar refractivity (Wildman–Crippen MR) is 68.1 cm³/mol. The Morgan fingerprint density at radius 2 is 2.35 bits per heavy atom. The summed E-state index contributed by atoms with van der Waals surface area (Å²) in [7, 11) is 0. The van der Waals surface area contributed by atoms with Crippen LogP contribution >= 0.6 is 0 Å². The number of ether oxygens (including phenoxy) is 1. The Labute approximate surface area is 102 Å². The highest BCUT2D eigenvalue weighted by Gasteiger charge is 1.97. The smallest absolute Gasteiger partial charge is 0.0728 e. The molecule has 1 aromatic heterocycles. The van der Waals surface area contributed by atoms with Crippen molar-refractivity contribution in [1.82, 2.24) is 9.78 Å². The molecule has 0 atom stereocenters. The average Bonchev–Trinajstić information content (AvgIpc) is 2.72. The Balaban J connectivity index is 2.25. The Morgan fingerprint density at radius 1 is 1.53 bits per heavy atom. The van der Waals surface area contributed by atoms with Crippen LogP contribution in [0.4, 0.5) is 5.69 Å². The molecule has 1 rings (SSSR count). The number of hydrogen-bond donors (Lipinski definition) is 2. The van der Waals surface area contributed by atoms with Gasteiger partial charge in [0.25, 0.3) is 0 Å². The third-order valence-corrected chi connectivity index (χ3v) is 2.15. The van der Waals surface area contributed by atoms with Gasteiger partial charge in [0.2, 0.25) is 0 Å². The standard InChI is InChI=1S/C12H21N3O2/c1-11(2)3-4-13-12-9-14-15(10-12)5-7-17-8-6-16/h3,9-10,13,16H,4-8H2,1-2H3. The lowest BCUT2D eigenvalue weighted by Crippen LogP contribution is -2.08. The summed E-state index contributed by atoms with van der Waals surface area (Å²) in [6.45, 7) is 6.67. The molecule has 0 radical (unpaired) electrons. The van der Waals surface area contributed by atoms with Gasteiger partial charge in [-0.3, -0.25) is 4.68 Å². The van der Waals surface area contributed by atoms with E-state index in [1.165, 1.54) is 5.57 Å². The van der Waals surface area contributed by atoms with Crippen molar-refractivity contribution in [3.8, 4) is 0 Å². The van der Waals surface area contributed by atoms with Crippen LogP contribution in [0.1, 0.15) is 13.8 Å². The molecule has 2 N–H and O–H groups in total. The first-order valence-electron chi connectivity index (χ1n) is 5.80. The molecule has 0 aliphatic heterocycles. The van der Waals surface area contributed by atoms with Gasteiger partial charge < -0.3 is 15.2 Å². The molecule has 0 unspecified atom stereocenters. The quantitative estimate of drug-likeness (QED) is 0.530. The number of aliphatic hydroxyl groups is 1. The molecule has 0 aliphatic carbocycles. The van der Waals surface area contributed by atoms with Crippen molar-refractivity contribution in [3.05, 3.63) is 24.0 Å². The highest BCUT2D eigenvalue weighted by Crippen LogP contribution is 2.04. The van der Waals surface area contributed by atoms with Crippen LogP contribution < -0.4 is 5.32 Å². The van der Waals surface area contributed by atoms with Gasteiger partial charge in [-0.05, 0) is 13.8 Å². The summed E-state index contributed by atoms with van der Waals surface area (Å²) >= 11 is 0. The molecule has 5 nitrogen and oxygen atoms in total. The molecular formula is C12H21N3O2. The molecule has 1 heterocycles. The number of anilines is 1. The first-order valence-corrected chi connectivity index (χ1v) is 5.80. The second-order valence-corrected chi connectivity index (χ2v) is 3.99. The number of nitrogens with zero attached hydrogens (tertiary/aromatic N) is 2. The van der Waals surface area contributed by atoms with E-state index in [1.807, 2.05) is 10.9 Å². The summed E-state index contributed by atoms with van der Waals surface area (Å²) in [5, 5.41) is 16.0. The number of allylic oxidation sites excluding steroid dienone is 1. The van der Waals surface area contributed by atoms with E-state index in [-0.39, 0.29) is 6.61 Å². The van der Waals surface area contributed by atoms with Crippen LogP contribution in [0.15, 0.2) is 24.0 Å². The molecule has 96 valence electrons. The van der Waals surface area contributed by atoms with Crippen molar-refractivity contribution in [1.29, 1.82) is 0 Å². The van der Waals surface area contributed by atoms with Crippen LogP contribution in [0.2, 0.25) is 0 Å². The first-order chi connectivity index (χ1) is 8.22. The van der Waals surface area contributed by atoms with Crippen molar-refractivity contribution in [3.63, 3.8) is 0 Å². The molecule has 0 saturated heterocycles. The van der Waals surface area contributed by atoms with Crippen LogP contribution in [0.3, 0.4) is 0 Å². The van der Waals surface area contributed by atoms with Crippen LogP contribution in [-0.4, -0.2) is 41.3 Å². The van der Waals surface area contributed by atoms with Crippen LogP contribution in [0.5, 0.6) is 0 Å². The molecule has 0 saturated carbocycles. The highest BCUT2D eigenvalue weighted by atomic mass is 16.5. The van der Waals surface area contributed by atoms with Crippen LogP contribution in [0.25, 0.3) is 0 Å². The number of aliphatic hydroxyl groups excluding tert-OH is 1. The molecule has 0 aromatic carbocycles. The highest BCUT2D eigenvalue weighted by molar-refractivity contribution is 5.38. The van der Waals surface area contributed by atoms with E-state index in [2.05, 4.69) is 30.3 Å². The Kier molecular flexibility index (Phi) is 6.35. The Bertz CT molecular complexity index is 343. The molecule has 5 heteroatoms. The summed E-state index contributed by atoms with van der Waals surface area (Å²) < 4.78 is 6.99. The van der Waals surface area contributed by atoms with Gasteiger partial charge in [-0.15, -0.1) is 0 Å². The van der Waals surface area contributed by atoms with Gasteiger partial charge in [0, 0.05) is 12.7 Å². The molecule has 0 bridgehead atoms. The number of hydrogen-bond acceptors (Lipinski definition) is 4. The minimum atomic E-state index is 0.0641. The topological polar surface area (TPSA) is 59.3 Å². The number of rotatable bonds is 8. The summed E-state index contributed by atoms with van der Waals surface area (Å²) in [5.74, 6) is 0. The lowest BCUT2D eigenvalue weighted by Gasteiger charge is -2.02. The first kappa shape index (κ1) is 13.7. The Hall–Kier alpha value is -1.33. The molecule has 0 spiro atoms. The summed E-state index contributed by atoms with van der Waals surface area (Å²) in [6.07, 6.45) is 5.87. The van der Waals surface area contributed by atoms with E-state index in [1.54, 1.807) is 6.20 Å². The molecule has 17 heavy (non-hydrogen) atoms. The van der Waals surface area contributed by atoms with E-state index in [4.69, 9.17) is 9.84 Å². The van der Waals surface area contributed by atoms with Gasteiger partial charge in [0.1, 0.15) is 0 Å². The number of aromatic nitrogens is 2. The second kappa shape index (κ2) is 7.86.